The van der Waals surface area contributed by atoms with Gasteiger partial charge in [-0.05, 0) is 38.1 Å². The van der Waals surface area contributed by atoms with Crippen LogP contribution in [0.3, 0.4) is 0 Å². The lowest BCUT2D eigenvalue weighted by Crippen LogP contribution is -2.21. The molecule has 3 N–H and O–H groups in total. The Balaban J connectivity index is 1.91. The number of hydrogen-bond donors (Lipinski definition) is 3. The van der Waals surface area contributed by atoms with Gasteiger partial charge in [-0.1, -0.05) is 24.3 Å². The lowest BCUT2D eigenvalue weighted by atomic mass is 10.1. The molecule has 3 rings (SSSR count). The second kappa shape index (κ2) is 6.71. The molecule has 0 radical (unpaired) electrons. The summed E-state index contributed by atoms with van der Waals surface area (Å²) in [5.41, 5.74) is 2.51. The molecule has 4 nitrogen and oxygen atoms in total. The quantitative estimate of drug-likeness (QED) is 0.465. The number of anilines is 3. The molecule has 0 amide bonds. The van der Waals surface area contributed by atoms with Gasteiger partial charge in [-0.15, -0.1) is 0 Å². The zero-order valence-corrected chi connectivity index (χ0v) is 14.0. The number of nitrogens with one attached hydrogen (secondary N) is 1. The van der Waals surface area contributed by atoms with Crippen molar-refractivity contribution >= 4 is 27.8 Å². The zero-order chi connectivity index (χ0) is 17.1. The van der Waals surface area contributed by atoms with E-state index in [1.54, 1.807) is 18.2 Å². The van der Waals surface area contributed by atoms with Gasteiger partial charge in [-0.2, -0.15) is 0 Å². The molecule has 0 heterocycles. The van der Waals surface area contributed by atoms with E-state index in [0.717, 1.165) is 24.5 Å². The summed E-state index contributed by atoms with van der Waals surface area (Å²) in [7, 11) is 0. The van der Waals surface area contributed by atoms with Gasteiger partial charge in [-0.25, -0.2) is 0 Å². The molecule has 0 aliphatic heterocycles. The van der Waals surface area contributed by atoms with Crippen LogP contribution in [0.1, 0.15) is 13.8 Å². The van der Waals surface area contributed by atoms with Crippen molar-refractivity contribution in [3.63, 3.8) is 0 Å². The van der Waals surface area contributed by atoms with Crippen LogP contribution in [0.2, 0.25) is 0 Å². The van der Waals surface area contributed by atoms with Gasteiger partial charge in [0.05, 0.1) is 5.69 Å². The van der Waals surface area contributed by atoms with E-state index < -0.39 is 0 Å². The van der Waals surface area contributed by atoms with Crippen molar-refractivity contribution in [2.45, 2.75) is 13.8 Å². The minimum atomic E-state index is 0.135. The van der Waals surface area contributed by atoms with Crippen molar-refractivity contribution in [1.29, 1.82) is 0 Å². The number of benzene rings is 3. The molecule has 0 saturated carbocycles. The van der Waals surface area contributed by atoms with Gasteiger partial charge in [-0.3, -0.25) is 0 Å². The van der Waals surface area contributed by atoms with Crippen LogP contribution in [0, 0.1) is 0 Å². The molecule has 0 bridgehead atoms. The molecule has 4 heteroatoms. The first-order valence-corrected chi connectivity index (χ1v) is 8.19. The van der Waals surface area contributed by atoms with Crippen LogP contribution in [0.15, 0.2) is 54.6 Å². The van der Waals surface area contributed by atoms with Crippen LogP contribution in [-0.4, -0.2) is 23.3 Å². The van der Waals surface area contributed by atoms with E-state index in [2.05, 4.69) is 24.1 Å². The SMILES string of the molecule is CCN(CC)c1ccc(Nc2cc(O)c3ccccc3c2O)cc1. The first-order valence-electron chi connectivity index (χ1n) is 8.19. The van der Waals surface area contributed by atoms with Crippen molar-refractivity contribution in [2.75, 3.05) is 23.3 Å². The predicted octanol–water partition coefficient (Wildman–Crippen LogP) is 4.84. The van der Waals surface area contributed by atoms with Crippen molar-refractivity contribution in [3.8, 4) is 11.5 Å². The predicted molar refractivity (Wildman–Crippen MR) is 101 cm³/mol. The van der Waals surface area contributed by atoms with Crippen LogP contribution in [0.4, 0.5) is 17.1 Å². The van der Waals surface area contributed by atoms with Gasteiger partial charge in [0.1, 0.15) is 11.5 Å². The first-order chi connectivity index (χ1) is 11.6. The minimum Gasteiger partial charge on any atom is -0.507 e. The third kappa shape index (κ3) is 2.95. The maximum absolute atomic E-state index is 10.5. The Hall–Kier alpha value is -2.88. The Bertz CT molecular complexity index is 840. The molecule has 0 aliphatic rings. The van der Waals surface area contributed by atoms with E-state index in [9.17, 15) is 10.2 Å². The van der Waals surface area contributed by atoms with E-state index in [0.29, 0.717) is 16.5 Å². The standard InChI is InChI=1S/C20H22N2O2/c1-3-22(4-2)15-11-9-14(10-12-15)21-18-13-19(23)16-7-5-6-8-17(16)20(18)24/h5-13,21,23-24H,3-4H2,1-2H3. The van der Waals surface area contributed by atoms with E-state index in [1.807, 2.05) is 36.4 Å². The fourth-order valence-corrected chi connectivity index (χ4v) is 2.94. The number of nitrogens with zero attached hydrogens (tertiary/aromatic N) is 1. The van der Waals surface area contributed by atoms with E-state index >= 15 is 0 Å². The van der Waals surface area contributed by atoms with Crippen molar-refractivity contribution in [2.24, 2.45) is 0 Å². The summed E-state index contributed by atoms with van der Waals surface area (Å²) < 4.78 is 0. The largest absolute Gasteiger partial charge is 0.507 e. The molecule has 0 aliphatic carbocycles. The van der Waals surface area contributed by atoms with Crippen molar-refractivity contribution < 1.29 is 10.2 Å². The van der Waals surface area contributed by atoms with Crippen LogP contribution in [0.5, 0.6) is 11.5 Å². The molecule has 3 aromatic carbocycles. The molecule has 0 saturated heterocycles. The highest BCUT2D eigenvalue weighted by atomic mass is 16.3. The first kappa shape index (κ1) is 16.0. The summed E-state index contributed by atoms with van der Waals surface area (Å²) in [4.78, 5) is 2.27. The van der Waals surface area contributed by atoms with Gasteiger partial charge in [0.25, 0.3) is 0 Å². The summed E-state index contributed by atoms with van der Waals surface area (Å²) in [5, 5.41) is 25.1. The van der Waals surface area contributed by atoms with Crippen LogP contribution in [-0.2, 0) is 0 Å². The maximum Gasteiger partial charge on any atom is 0.147 e. The molecule has 0 aromatic heterocycles. The summed E-state index contributed by atoms with van der Waals surface area (Å²) >= 11 is 0. The highest BCUT2D eigenvalue weighted by Crippen LogP contribution is 2.39. The number of phenolic OH excluding ortho intramolecular Hbond substituents is 2. The van der Waals surface area contributed by atoms with E-state index in [-0.39, 0.29) is 11.5 Å². The average molecular weight is 322 g/mol. The third-order valence-electron chi connectivity index (χ3n) is 4.27. The highest BCUT2D eigenvalue weighted by Gasteiger charge is 2.11. The van der Waals surface area contributed by atoms with Gasteiger partial charge in [0.2, 0.25) is 0 Å². The topological polar surface area (TPSA) is 55.7 Å². The number of fused-ring (bicyclic) bond motifs is 1. The number of hydrogen-bond acceptors (Lipinski definition) is 4. The Kier molecular flexibility index (Phi) is 4.47. The normalized spacial score (nSPS) is 10.8. The zero-order valence-electron chi connectivity index (χ0n) is 14.0. The molecule has 24 heavy (non-hydrogen) atoms. The lowest BCUT2D eigenvalue weighted by Gasteiger charge is -2.21. The fourth-order valence-electron chi connectivity index (χ4n) is 2.94. The second-order valence-corrected chi connectivity index (χ2v) is 5.68. The molecule has 0 fully saturated rings. The summed E-state index contributed by atoms with van der Waals surface area (Å²) in [6, 6.07) is 16.8. The van der Waals surface area contributed by atoms with Crippen LogP contribution in [0.25, 0.3) is 10.8 Å². The molecular weight excluding hydrogens is 300 g/mol. The lowest BCUT2D eigenvalue weighted by molar-refractivity contribution is 0.471. The monoisotopic (exact) mass is 322 g/mol. The summed E-state index contributed by atoms with van der Waals surface area (Å²) in [6.45, 7) is 6.18. The molecular formula is C20H22N2O2. The third-order valence-corrected chi connectivity index (χ3v) is 4.27. The van der Waals surface area contributed by atoms with Gasteiger partial charge in [0, 0.05) is 41.3 Å². The molecule has 0 spiro atoms. The van der Waals surface area contributed by atoms with Gasteiger partial charge >= 0.3 is 0 Å². The van der Waals surface area contributed by atoms with Crippen LogP contribution < -0.4 is 10.2 Å². The van der Waals surface area contributed by atoms with Crippen LogP contribution >= 0.6 is 0 Å². The highest BCUT2D eigenvalue weighted by molar-refractivity contribution is 5.98. The second-order valence-electron chi connectivity index (χ2n) is 5.68. The fraction of sp³-hybridized carbons (Fsp3) is 0.200. The van der Waals surface area contributed by atoms with Crippen molar-refractivity contribution in [1.82, 2.24) is 0 Å². The Morgan fingerprint density at radius 1 is 0.875 bits per heavy atom. The maximum atomic E-state index is 10.5. The molecule has 0 unspecified atom stereocenters. The summed E-state index contributed by atoms with van der Waals surface area (Å²) in [6.07, 6.45) is 0. The molecule has 124 valence electrons. The smallest absolute Gasteiger partial charge is 0.147 e. The number of rotatable bonds is 5. The Labute approximate surface area is 142 Å². The van der Waals surface area contributed by atoms with E-state index in [1.165, 1.54) is 0 Å². The van der Waals surface area contributed by atoms with Gasteiger partial charge < -0.3 is 20.4 Å². The number of aromatic hydroxyl groups is 2. The van der Waals surface area contributed by atoms with Crippen molar-refractivity contribution in [3.05, 3.63) is 54.6 Å². The Morgan fingerprint density at radius 3 is 2.12 bits per heavy atom. The molecule has 3 aromatic rings. The van der Waals surface area contributed by atoms with E-state index in [4.69, 9.17) is 0 Å². The molecule has 0 atom stereocenters. The summed E-state index contributed by atoms with van der Waals surface area (Å²) in [5.74, 6) is 0.280. The Morgan fingerprint density at radius 2 is 1.50 bits per heavy atom. The minimum absolute atomic E-state index is 0.135. The average Bonchev–Trinajstić information content (AvgIpc) is 2.62. The van der Waals surface area contributed by atoms with Gasteiger partial charge in [0.15, 0.2) is 0 Å². The number of phenols is 2.